The Morgan fingerprint density at radius 3 is 2.62 bits per heavy atom. The van der Waals surface area contributed by atoms with E-state index in [-0.39, 0.29) is 11.8 Å². The van der Waals surface area contributed by atoms with E-state index in [0.717, 1.165) is 31.7 Å². The Hall–Kier alpha value is -2.59. The van der Waals surface area contributed by atoms with Gasteiger partial charge in [-0.1, -0.05) is 54.4 Å². The van der Waals surface area contributed by atoms with Crippen LogP contribution >= 0.6 is 0 Å². The minimum atomic E-state index is 0.0433. The molecule has 29 heavy (non-hydrogen) atoms. The molecule has 1 aliphatic heterocycles. The number of H-pyrrole nitrogens is 1. The monoisotopic (exact) mass is 389 g/mol. The summed E-state index contributed by atoms with van der Waals surface area (Å²) in [6.45, 7) is 6.10. The molecule has 4 nitrogen and oxygen atoms in total. The van der Waals surface area contributed by atoms with Crippen LogP contribution in [0.15, 0.2) is 54.7 Å². The van der Waals surface area contributed by atoms with Gasteiger partial charge in [0.2, 0.25) is 5.91 Å². The van der Waals surface area contributed by atoms with Gasteiger partial charge < -0.3 is 15.2 Å². The maximum atomic E-state index is 12.8. The number of piperidine rings is 1. The average Bonchev–Trinajstić information content (AvgIpc) is 3.17. The number of fused-ring (bicyclic) bond motifs is 1. The molecule has 0 bridgehead atoms. The molecule has 4 rings (SSSR count). The van der Waals surface area contributed by atoms with Gasteiger partial charge in [-0.3, -0.25) is 4.79 Å². The highest BCUT2D eigenvalue weighted by molar-refractivity contribution is 5.86. The quantitative estimate of drug-likeness (QED) is 0.620. The van der Waals surface area contributed by atoms with Crippen LogP contribution in [0.1, 0.15) is 48.3 Å². The van der Waals surface area contributed by atoms with Crippen molar-refractivity contribution in [1.29, 1.82) is 0 Å². The number of aryl methyl sites for hydroxylation is 1. The molecule has 1 fully saturated rings. The molecule has 0 spiro atoms. The molecular weight excluding hydrogens is 358 g/mol. The first-order valence-corrected chi connectivity index (χ1v) is 10.8. The number of aromatic nitrogens is 1. The number of amides is 1. The molecular formula is C25H31N3O. The van der Waals surface area contributed by atoms with Gasteiger partial charge in [-0.25, -0.2) is 0 Å². The summed E-state index contributed by atoms with van der Waals surface area (Å²) in [6.07, 6.45) is 6.43. The van der Waals surface area contributed by atoms with E-state index < -0.39 is 0 Å². The van der Waals surface area contributed by atoms with Crippen LogP contribution in [0.2, 0.25) is 0 Å². The summed E-state index contributed by atoms with van der Waals surface area (Å²) in [5, 5.41) is 4.35. The number of nitrogens with one attached hydrogen (secondary N) is 2. The number of para-hydroxylation sites is 1. The first-order chi connectivity index (χ1) is 14.2. The van der Waals surface area contributed by atoms with Crippen molar-refractivity contribution in [3.63, 3.8) is 0 Å². The van der Waals surface area contributed by atoms with E-state index in [9.17, 15) is 4.79 Å². The molecule has 1 aliphatic rings. The van der Waals surface area contributed by atoms with Crippen LogP contribution in [0, 0.1) is 6.92 Å². The molecule has 0 radical (unpaired) electrons. The van der Waals surface area contributed by atoms with Crippen molar-refractivity contribution >= 4 is 16.8 Å². The number of carbonyl (C=O) groups excluding carboxylic acids is 1. The Balaban J connectivity index is 1.48. The lowest BCUT2D eigenvalue weighted by molar-refractivity contribution is -0.121. The fourth-order valence-corrected chi connectivity index (χ4v) is 4.38. The standard InChI is InChI=1S/C25H31N3O/c1-19-9-11-20(12-10-19)22(23-18-27-24-8-4-3-7-21(23)24)17-25(29)26-13-16-28-14-5-2-6-15-28/h3-4,7-12,18,22,27H,2,5-6,13-17H2,1H3,(H,26,29)/t22-/m1/s1. The number of hydrogen-bond acceptors (Lipinski definition) is 2. The molecule has 1 aromatic heterocycles. The van der Waals surface area contributed by atoms with E-state index in [4.69, 9.17) is 0 Å². The highest BCUT2D eigenvalue weighted by Gasteiger charge is 2.21. The molecule has 152 valence electrons. The summed E-state index contributed by atoms with van der Waals surface area (Å²) in [5.41, 5.74) is 4.73. The molecule has 3 aromatic rings. The van der Waals surface area contributed by atoms with Crippen LogP contribution < -0.4 is 5.32 Å². The van der Waals surface area contributed by atoms with Crippen molar-refractivity contribution in [3.05, 3.63) is 71.4 Å². The van der Waals surface area contributed by atoms with Gasteiger partial charge in [-0.15, -0.1) is 0 Å². The molecule has 2 heterocycles. The Kier molecular flexibility index (Phi) is 6.30. The zero-order valence-electron chi connectivity index (χ0n) is 17.3. The van der Waals surface area contributed by atoms with Crippen LogP contribution in [0.5, 0.6) is 0 Å². The second-order valence-electron chi connectivity index (χ2n) is 8.21. The van der Waals surface area contributed by atoms with Gasteiger partial charge in [0.25, 0.3) is 0 Å². The third-order valence-corrected chi connectivity index (χ3v) is 6.06. The van der Waals surface area contributed by atoms with E-state index in [0.29, 0.717) is 6.42 Å². The lowest BCUT2D eigenvalue weighted by Gasteiger charge is -2.26. The maximum Gasteiger partial charge on any atom is 0.220 e. The summed E-state index contributed by atoms with van der Waals surface area (Å²) in [6, 6.07) is 16.9. The zero-order chi connectivity index (χ0) is 20.1. The second-order valence-corrected chi connectivity index (χ2v) is 8.21. The Morgan fingerprint density at radius 2 is 1.83 bits per heavy atom. The Bertz CT molecular complexity index is 938. The van der Waals surface area contributed by atoms with Crippen molar-refractivity contribution < 1.29 is 4.79 Å². The van der Waals surface area contributed by atoms with E-state index in [2.05, 4.69) is 70.8 Å². The number of benzene rings is 2. The van der Waals surface area contributed by atoms with Crippen molar-refractivity contribution in [3.8, 4) is 0 Å². The summed E-state index contributed by atoms with van der Waals surface area (Å²) in [5.74, 6) is 0.166. The smallest absolute Gasteiger partial charge is 0.220 e. The third-order valence-electron chi connectivity index (χ3n) is 6.06. The van der Waals surface area contributed by atoms with Crippen LogP contribution in [-0.2, 0) is 4.79 Å². The van der Waals surface area contributed by atoms with E-state index in [1.807, 2.05) is 6.07 Å². The molecule has 0 aliphatic carbocycles. The van der Waals surface area contributed by atoms with Crippen LogP contribution in [-0.4, -0.2) is 42.0 Å². The number of likely N-dealkylation sites (tertiary alicyclic amines) is 1. The van der Waals surface area contributed by atoms with Crippen molar-refractivity contribution in [2.24, 2.45) is 0 Å². The lowest BCUT2D eigenvalue weighted by atomic mass is 9.87. The van der Waals surface area contributed by atoms with Gasteiger partial charge in [-0.2, -0.15) is 0 Å². The minimum absolute atomic E-state index is 0.0433. The molecule has 1 amide bonds. The van der Waals surface area contributed by atoms with Gasteiger partial charge >= 0.3 is 0 Å². The maximum absolute atomic E-state index is 12.8. The fraction of sp³-hybridized carbons (Fsp3) is 0.400. The average molecular weight is 390 g/mol. The Labute approximate surface area is 173 Å². The van der Waals surface area contributed by atoms with Crippen molar-refractivity contribution in [1.82, 2.24) is 15.2 Å². The molecule has 4 heteroatoms. The van der Waals surface area contributed by atoms with E-state index in [1.54, 1.807) is 0 Å². The lowest BCUT2D eigenvalue weighted by Crippen LogP contribution is -2.38. The summed E-state index contributed by atoms with van der Waals surface area (Å²) >= 11 is 0. The highest BCUT2D eigenvalue weighted by Crippen LogP contribution is 2.33. The second kappa shape index (κ2) is 9.27. The van der Waals surface area contributed by atoms with Crippen LogP contribution in [0.25, 0.3) is 10.9 Å². The van der Waals surface area contributed by atoms with Crippen LogP contribution in [0.4, 0.5) is 0 Å². The molecule has 1 saturated heterocycles. The zero-order valence-corrected chi connectivity index (χ0v) is 17.3. The highest BCUT2D eigenvalue weighted by atomic mass is 16.1. The first-order valence-electron chi connectivity index (χ1n) is 10.8. The topological polar surface area (TPSA) is 48.1 Å². The van der Waals surface area contributed by atoms with Crippen LogP contribution in [0.3, 0.4) is 0 Å². The van der Waals surface area contributed by atoms with Gasteiger partial charge in [0, 0.05) is 42.5 Å². The molecule has 0 saturated carbocycles. The SMILES string of the molecule is Cc1ccc([C@@H](CC(=O)NCCN2CCCCC2)c2c[nH]c3ccccc23)cc1. The minimum Gasteiger partial charge on any atom is -0.361 e. The number of carbonyl (C=O) groups is 1. The molecule has 2 N–H and O–H groups in total. The van der Waals surface area contributed by atoms with Gasteiger partial charge in [-0.05, 0) is 50.0 Å². The summed E-state index contributed by atoms with van der Waals surface area (Å²) in [7, 11) is 0. The van der Waals surface area contributed by atoms with E-state index in [1.165, 1.54) is 41.3 Å². The normalized spacial score (nSPS) is 16.0. The first kappa shape index (κ1) is 19.7. The number of aromatic amines is 1. The van der Waals surface area contributed by atoms with Crippen molar-refractivity contribution in [2.45, 2.75) is 38.5 Å². The Morgan fingerprint density at radius 1 is 1.07 bits per heavy atom. The van der Waals surface area contributed by atoms with E-state index >= 15 is 0 Å². The fourth-order valence-electron chi connectivity index (χ4n) is 4.38. The molecule has 1 atom stereocenters. The number of hydrogen-bond donors (Lipinski definition) is 2. The van der Waals surface area contributed by atoms with Crippen molar-refractivity contribution in [2.75, 3.05) is 26.2 Å². The molecule has 0 unspecified atom stereocenters. The summed E-state index contributed by atoms with van der Waals surface area (Å²) in [4.78, 5) is 18.7. The summed E-state index contributed by atoms with van der Waals surface area (Å²) < 4.78 is 0. The number of rotatable bonds is 7. The van der Waals surface area contributed by atoms with Gasteiger partial charge in [0.15, 0.2) is 0 Å². The predicted molar refractivity (Wildman–Crippen MR) is 119 cm³/mol. The largest absolute Gasteiger partial charge is 0.361 e. The van der Waals surface area contributed by atoms with Gasteiger partial charge in [0.05, 0.1) is 0 Å². The third kappa shape index (κ3) is 4.88. The number of nitrogens with zero attached hydrogens (tertiary/aromatic N) is 1. The van der Waals surface area contributed by atoms with Gasteiger partial charge in [0.1, 0.15) is 0 Å². The predicted octanol–water partition coefficient (Wildman–Crippen LogP) is 4.60. The molecule has 2 aromatic carbocycles.